The maximum atomic E-state index is 6.72. The minimum absolute atomic E-state index is 0.387. The molecule has 0 aromatic heterocycles. The molecule has 3 aromatic carbocycles. The van der Waals surface area contributed by atoms with E-state index in [2.05, 4.69) is 61.5 Å². The molecule has 0 radical (unpaired) electrons. The molecule has 3 rings (SSSR count). The molecular formula is C24H26ClNO. The molecule has 0 amide bonds. The Kier molecular flexibility index (Phi) is 6.68. The number of rotatable bonds is 8. The van der Waals surface area contributed by atoms with Crippen molar-refractivity contribution in [2.75, 3.05) is 19.8 Å². The molecule has 140 valence electrons. The van der Waals surface area contributed by atoms with E-state index in [1.807, 2.05) is 24.3 Å². The van der Waals surface area contributed by atoms with Crippen LogP contribution in [0.25, 0.3) is 0 Å². The number of nitrogens with two attached hydrogens (primary N) is 1. The van der Waals surface area contributed by atoms with Gasteiger partial charge in [0.15, 0.2) is 0 Å². The Morgan fingerprint density at radius 1 is 0.815 bits per heavy atom. The van der Waals surface area contributed by atoms with E-state index in [0.29, 0.717) is 19.8 Å². The molecule has 1 atom stereocenters. The molecule has 0 spiro atoms. The van der Waals surface area contributed by atoms with Crippen molar-refractivity contribution in [3.05, 3.63) is 106 Å². The zero-order valence-corrected chi connectivity index (χ0v) is 16.5. The van der Waals surface area contributed by atoms with E-state index in [9.17, 15) is 0 Å². The monoisotopic (exact) mass is 379 g/mol. The predicted octanol–water partition coefficient (Wildman–Crippen LogP) is 5.35. The summed E-state index contributed by atoms with van der Waals surface area (Å²) in [5.74, 6) is 0. The van der Waals surface area contributed by atoms with Crippen molar-refractivity contribution in [2.45, 2.75) is 18.8 Å². The molecule has 3 heteroatoms. The number of ether oxygens (including phenoxy) is 1. The summed E-state index contributed by atoms with van der Waals surface area (Å²) in [6.07, 6.45) is 0.782. The third kappa shape index (κ3) is 4.24. The Labute approximate surface area is 166 Å². The lowest BCUT2D eigenvalue weighted by atomic mass is 9.67. The van der Waals surface area contributed by atoms with Crippen LogP contribution < -0.4 is 5.73 Å². The first-order chi connectivity index (χ1) is 13.2. The maximum absolute atomic E-state index is 6.72. The summed E-state index contributed by atoms with van der Waals surface area (Å²) in [7, 11) is 0. The molecule has 0 aliphatic rings. The average Bonchev–Trinajstić information content (AvgIpc) is 2.71. The molecule has 0 saturated heterocycles. The Balaban J connectivity index is 2.20. The molecule has 0 aliphatic carbocycles. The van der Waals surface area contributed by atoms with Gasteiger partial charge in [-0.25, -0.2) is 0 Å². The van der Waals surface area contributed by atoms with E-state index < -0.39 is 0 Å². The third-order valence-corrected chi connectivity index (χ3v) is 5.36. The zero-order valence-electron chi connectivity index (χ0n) is 15.7. The van der Waals surface area contributed by atoms with Crippen LogP contribution in [0.2, 0.25) is 5.02 Å². The molecule has 2 N–H and O–H groups in total. The van der Waals surface area contributed by atoms with E-state index in [-0.39, 0.29) is 5.41 Å². The van der Waals surface area contributed by atoms with Crippen molar-refractivity contribution >= 4 is 11.6 Å². The van der Waals surface area contributed by atoms with Crippen LogP contribution in [-0.2, 0) is 10.2 Å². The van der Waals surface area contributed by atoms with Crippen LogP contribution in [0.1, 0.15) is 28.7 Å². The van der Waals surface area contributed by atoms with Crippen LogP contribution in [0.4, 0.5) is 0 Å². The summed E-state index contributed by atoms with van der Waals surface area (Å²) >= 11 is 6.72. The number of hydrogen-bond donors (Lipinski definition) is 1. The first-order valence-electron chi connectivity index (χ1n) is 9.34. The molecule has 1 unspecified atom stereocenters. The second kappa shape index (κ2) is 9.18. The van der Waals surface area contributed by atoms with Gasteiger partial charge in [-0.05, 0) is 36.1 Å². The van der Waals surface area contributed by atoms with Gasteiger partial charge >= 0.3 is 0 Å². The minimum atomic E-state index is -0.387. The van der Waals surface area contributed by atoms with Gasteiger partial charge in [-0.1, -0.05) is 90.0 Å². The van der Waals surface area contributed by atoms with Crippen molar-refractivity contribution in [3.63, 3.8) is 0 Å². The van der Waals surface area contributed by atoms with Gasteiger partial charge in [0.1, 0.15) is 0 Å². The highest BCUT2D eigenvalue weighted by atomic mass is 35.5. The molecule has 2 nitrogen and oxygen atoms in total. The Morgan fingerprint density at radius 3 is 2.11 bits per heavy atom. The topological polar surface area (TPSA) is 35.2 Å². The maximum Gasteiger partial charge on any atom is 0.0588 e. The lowest BCUT2D eigenvalue weighted by Crippen LogP contribution is -2.32. The molecule has 27 heavy (non-hydrogen) atoms. The summed E-state index contributed by atoms with van der Waals surface area (Å²) in [5.41, 5.74) is 9.97. The van der Waals surface area contributed by atoms with E-state index in [1.54, 1.807) is 0 Å². The largest absolute Gasteiger partial charge is 0.380 e. The summed E-state index contributed by atoms with van der Waals surface area (Å²) in [4.78, 5) is 0. The van der Waals surface area contributed by atoms with Crippen molar-refractivity contribution in [1.29, 1.82) is 0 Å². The number of halogens is 1. The SMILES string of the molecule is Cc1ccc(C(CCOCCN)(c2ccccc2)c2ccccc2Cl)cc1. The van der Waals surface area contributed by atoms with Crippen LogP contribution in [0, 0.1) is 6.92 Å². The van der Waals surface area contributed by atoms with Gasteiger partial charge in [-0.3, -0.25) is 0 Å². The first-order valence-corrected chi connectivity index (χ1v) is 9.72. The molecule has 0 aliphatic heterocycles. The summed E-state index contributed by atoms with van der Waals surface area (Å²) in [6, 6.07) is 27.4. The fourth-order valence-corrected chi connectivity index (χ4v) is 3.98. The normalized spacial score (nSPS) is 13.3. The van der Waals surface area contributed by atoms with Crippen LogP contribution in [-0.4, -0.2) is 19.8 Å². The Morgan fingerprint density at radius 2 is 1.44 bits per heavy atom. The van der Waals surface area contributed by atoms with E-state index in [0.717, 1.165) is 17.0 Å². The Hall–Kier alpha value is -2.13. The quantitative estimate of drug-likeness (QED) is 0.423. The Bertz CT molecular complexity index is 848. The van der Waals surface area contributed by atoms with Crippen molar-refractivity contribution in [2.24, 2.45) is 5.73 Å². The predicted molar refractivity (Wildman–Crippen MR) is 113 cm³/mol. The van der Waals surface area contributed by atoms with Crippen LogP contribution in [0.15, 0.2) is 78.9 Å². The van der Waals surface area contributed by atoms with Crippen molar-refractivity contribution in [3.8, 4) is 0 Å². The lowest BCUT2D eigenvalue weighted by Gasteiger charge is -2.37. The van der Waals surface area contributed by atoms with E-state index in [4.69, 9.17) is 22.1 Å². The smallest absolute Gasteiger partial charge is 0.0588 e. The van der Waals surface area contributed by atoms with Gasteiger partial charge in [0.05, 0.1) is 6.61 Å². The standard InChI is InChI=1S/C24H26ClNO/c1-19-11-13-21(14-12-19)24(15-17-27-18-16-26,20-7-3-2-4-8-20)22-9-5-6-10-23(22)25/h2-14H,15-18,26H2,1H3. The highest BCUT2D eigenvalue weighted by Crippen LogP contribution is 2.44. The van der Waals surface area contributed by atoms with Crippen LogP contribution in [0.5, 0.6) is 0 Å². The van der Waals surface area contributed by atoms with E-state index in [1.165, 1.54) is 16.7 Å². The molecular weight excluding hydrogens is 354 g/mol. The second-order valence-corrected chi connectivity index (χ2v) is 7.18. The summed E-state index contributed by atoms with van der Waals surface area (Å²) in [6.45, 7) is 3.79. The summed E-state index contributed by atoms with van der Waals surface area (Å²) in [5, 5.41) is 0.765. The van der Waals surface area contributed by atoms with Crippen molar-refractivity contribution in [1.82, 2.24) is 0 Å². The fourth-order valence-electron chi connectivity index (χ4n) is 3.68. The second-order valence-electron chi connectivity index (χ2n) is 6.77. The molecule has 0 fully saturated rings. The van der Waals surface area contributed by atoms with Crippen LogP contribution in [0.3, 0.4) is 0 Å². The molecule has 0 heterocycles. The highest BCUT2D eigenvalue weighted by molar-refractivity contribution is 6.31. The lowest BCUT2D eigenvalue weighted by molar-refractivity contribution is 0.129. The molecule has 3 aromatic rings. The zero-order chi connectivity index (χ0) is 19.1. The fraction of sp³-hybridized carbons (Fsp3) is 0.250. The first kappa shape index (κ1) is 19.6. The number of benzene rings is 3. The summed E-state index contributed by atoms with van der Waals surface area (Å²) < 4.78 is 5.80. The number of hydrogen-bond acceptors (Lipinski definition) is 2. The van der Waals surface area contributed by atoms with Gasteiger partial charge in [0.25, 0.3) is 0 Å². The van der Waals surface area contributed by atoms with Gasteiger partial charge in [0.2, 0.25) is 0 Å². The number of aryl methyl sites for hydroxylation is 1. The van der Waals surface area contributed by atoms with Gasteiger partial charge in [-0.2, -0.15) is 0 Å². The molecule has 0 bridgehead atoms. The van der Waals surface area contributed by atoms with Gasteiger partial charge < -0.3 is 10.5 Å². The van der Waals surface area contributed by atoms with Crippen LogP contribution >= 0.6 is 11.6 Å². The van der Waals surface area contributed by atoms with Gasteiger partial charge in [-0.15, -0.1) is 0 Å². The van der Waals surface area contributed by atoms with Crippen molar-refractivity contribution < 1.29 is 4.74 Å². The minimum Gasteiger partial charge on any atom is -0.380 e. The van der Waals surface area contributed by atoms with Gasteiger partial charge in [0, 0.05) is 23.6 Å². The highest BCUT2D eigenvalue weighted by Gasteiger charge is 2.37. The molecule has 0 saturated carbocycles. The van der Waals surface area contributed by atoms with E-state index >= 15 is 0 Å². The average molecular weight is 380 g/mol. The third-order valence-electron chi connectivity index (χ3n) is 5.03.